The Bertz CT molecular complexity index is 2890. The van der Waals surface area contributed by atoms with Crippen molar-refractivity contribution < 1.29 is 70.4 Å². The number of carbonyl (C=O) groups excluding carboxylic acids is 1. The van der Waals surface area contributed by atoms with E-state index in [1.807, 2.05) is 24.3 Å². The van der Waals surface area contributed by atoms with E-state index in [1.165, 1.54) is 12.1 Å². The number of hydrogen-bond acceptors (Lipinski definition) is 14. The number of aliphatic imine (C=N–C) groups is 1. The Morgan fingerprint density at radius 2 is 1.48 bits per heavy atom. The fraction of sp³-hybridized carbons (Fsp3) is 0.205. The largest absolute Gasteiger partial charge is 3.00 e. The van der Waals surface area contributed by atoms with E-state index in [1.54, 1.807) is 30.3 Å². The molecular formula is C44H43CrN6O12S. The van der Waals surface area contributed by atoms with Gasteiger partial charge < -0.3 is 40.0 Å². The summed E-state index contributed by atoms with van der Waals surface area (Å²) >= 11 is 0. The van der Waals surface area contributed by atoms with Crippen LogP contribution in [0.5, 0.6) is 5.75 Å². The Morgan fingerprint density at radius 3 is 2.06 bits per heavy atom. The van der Waals surface area contributed by atoms with Gasteiger partial charge in [-0.05, 0) is 63.6 Å². The molecule has 4 aromatic rings. The molecule has 6 rings (SSSR count). The van der Waals surface area contributed by atoms with Crippen LogP contribution >= 0.6 is 0 Å². The molecule has 4 aromatic carbocycles. The Morgan fingerprint density at radius 1 is 0.844 bits per heavy atom. The van der Waals surface area contributed by atoms with Gasteiger partial charge in [0.2, 0.25) is 5.36 Å². The van der Waals surface area contributed by atoms with E-state index in [0.717, 1.165) is 72.0 Å². The smallest absolute Gasteiger partial charge is 0.874 e. The summed E-state index contributed by atoms with van der Waals surface area (Å²) in [6.07, 6.45) is 0. The third-order valence-electron chi connectivity index (χ3n) is 9.65. The minimum absolute atomic E-state index is 0. The summed E-state index contributed by atoms with van der Waals surface area (Å²) in [5.41, 5.74) is 2.00. The number of non-ortho nitro benzene ring substituents is 1. The number of benzene rings is 5. The third kappa shape index (κ3) is 11.7. The van der Waals surface area contributed by atoms with Gasteiger partial charge in [-0.3, -0.25) is 19.7 Å². The number of anilines is 1. The van der Waals surface area contributed by atoms with Crippen LogP contribution in [-0.4, -0.2) is 61.4 Å². The second-order valence-electron chi connectivity index (χ2n) is 13.4. The number of hydrogen-bond donors (Lipinski definition) is 1. The van der Waals surface area contributed by atoms with Crippen LogP contribution < -0.4 is 35.3 Å². The maximum absolute atomic E-state index is 12.2. The average molecular weight is 932 g/mol. The number of aromatic carboxylic acids is 1. The number of rotatable bonds is 13. The summed E-state index contributed by atoms with van der Waals surface area (Å²) in [6, 6.07) is 28.1. The first-order valence-electron chi connectivity index (χ1n) is 19.2. The second-order valence-corrected chi connectivity index (χ2v) is 14.8. The number of nitro groups is 1. The Balaban J connectivity index is 0.000000333. The van der Waals surface area contributed by atoms with Gasteiger partial charge in [-0.25, -0.2) is 4.58 Å². The van der Waals surface area contributed by atoms with Gasteiger partial charge in [-0.1, -0.05) is 55.1 Å². The summed E-state index contributed by atoms with van der Waals surface area (Å²) in [4.78, 5) is 26.5. The monoisotopic (exact) mass is 931 g/mol. The molecule has 0 saturated heterocycles. The number of carboxylic acids is 1. The minimum Gasteiger partial charge on any atom is -0.874 e. The molecule has 333 valence electrons. The molecular weight excluding hydrogens is 889 g/mol. The molecule has 0 amide bonds. The number of nitrogens with zero attached hydrogens (tertiary/aromatic N) is 6. The van der Waals surface area contributed by atoms with Crippen LogP contribution in [-0.2, 0) is 27.5 Å². The second kappa shape index (κ2) is 22.4. The van der Waals surface area contributed by atoms with E-state index in [4.69, 9.17) is 8.97 Å². The van der Waals surface area contributed by atoms with Crippen LogP contribution in [0.1, 0.15) is 45.0 Å². The summed E-state index contributed by atoms with van der Waals surface area (Å²) in [5, 5.41) is 67.4. The normalized spacial score (nSPS) is 11.8. The molecule has 64 heavy (non-hydrogen) atoms. The number of para-hydroxylation sites is 1. The van der Waals surface area contributed by atoms with Crippen molar-refractivity contribution in [1.29, 1.82) is 0 Å². The molecule has 0 fully saturated rings. The number of allylic oxidation sites excluding steroid dienone is 1. The molecule has 2 aliphatic rings. The molecule has 1 aliphatic heterocycles. The van der Waals surface area contributed by atoms with Crippen molar-refractivity contribution in [1.82, 2.24) is 4.58 Å². The summed E-state index contributed by atoms with van der Waals surface area (Å²) in [6.45, 7) is 13.1. The van der Waals surface area contributed by atoms with Gasteiger partial charge >= 0.3 is 17.4 Å². The van der Waals surface area contributed by atoms with Gasteiger partial charge in [0.15, 0.2) is 0 Å². The molecule has 3 N–H and O–H groups in total. The standard InChI is InChI=1S/C28H30N2O3.C16H14N4O8S.Cr.H2O/c1-5-29(6-2)19-13-15-23-25(17-19)33-26-18-20(30(7-3)8-4)14-16-24(26)27(23)21-11-9-10-12-22(21)28(31)32;1-9(21)14(16(23)17-10-5-3-2-4-6-10)19-18-12-7-11(20(24)25)8-13(15(12)22)29(26,27)28;;/h9-18H,5-8H2,1-4H3;2-8,21-22H,1H3,(H,17,23)(H,26,27,28);;1H2/q;;+3;/p-3. The van der Waals surface area contributed by atoms with Crippen molar-refractivity contribution in [3.05, 3.63) is 136 Å². The van der Waals surface area contributed by atoms with E-state index in [2.05, 4.69) is 76.7 Å². The predicted molar refractivity (Wildman–Crippen MR) is 229 cm³/mol. The summed E-state index contributed by atoms with van der Waals surface area (Å²) < 4.78 is 40.3. The van der Waals surface area contributed by atoms with Crippen LogP contribution in [0.15, 0.2) is 139 Å². The number of carboxylic acid groups (broad SMARTS) is 1. The van der Waals surface area contributed by atoms with Crippen LogP contribution in [0.4, 0.5) is 22.7 Å². The number of azo groups is 1. The molecule has 1 aliphatic carbocycles. The summed E-state index contributed by atoms with van der Waals surface area (Å²) in [5.74, 6) is -3.83. The van der Waals surface area contributed by atoms with Crippen LogP contribution in [0.25, 0.3) is 33.4 Å². The molecule has 1 radical (unpaired) electrons. The first-order valence-corrected chi connectivity index (χ1v) is 20.7. The van der Waals surface area contributed by atoms with Crippen molar-refractivity contribution in [2.75, 3.05) is 31.1 Å². The predicted octanol–water partition coefficient (Wildman–Crippen LogP) is 4.08. The van der Waals surface area contributed by atoms with Crippen molar-refractivity contribution in [3.8, 4) is 28.2 Å². The van der Waals surface area contributed by atoms with E-state index >= 15 is 0 Å². The first kappa shape index (κ1) is 51.4. The molecule has 20 heteroatoms. The van der Waals surface area contributed by atoms with Crippen molar-refractivity contribution in [2.45, 2.75) is 39.5 Å². The Labute approximate surface area is 378 Å². The van der Waals surface area contributed by atoms with Crippen LogP contribution in [0, 0.1) is 10.1 Å². The molecule has 18 nitrogen and oxygen atoms in total. The average Bonchev–Trinajstić information content (AvgIpc) is 3.24. The van der Waals surface area contributed by atoms with Crippen LogP contribution in [0.2, 0.25) is 0 Å². The quantitative estimate of drug-likeness (QED) is 0.0197. The van der Waals surface area contributed by atoms with Gasteiger partial charge in [0.25, 0.3) is 15.8 Å². The maximum atomic E-state index is 12.2. The number of carbonyl (C=O) groups is 1. The third-order valence-corrected chi connectivity index (χ3v) is 10.5. The van der Waals surface area contributed by atoms with Gasteiger partial charge in [0, 0.05) is 71.0 Å². The summed E-state index contributed by atoms with van der Waals surface area (Å²) in [7, 11) is -5.10. The maximum Gasteiger partial charge on any atom is 3.00 e. The zero-order chi connectivity index (χ0) is 45.3. The molecule has 0 atom stereocenters. The fourth-order valence-electron chi connectivity index (χ4n) is 6.59. The van der Waals surface area contributed by atoms with Crippen LogP contribution in [0.3, 0.4) is 0 Å². The molecule has 0 aromatic heterocycles. The number of fused-ring (bicyclic) bond motifs is 2. The Hall–Kier alpha value is -6.95. The molecule has 0 saturated carbocycles. The minimum atomic E-state index is -5.10. The first-order chi connectivity index (χ1) is 29.5. The van der Waals surface area contributed by atoms with Crippen molar-refractivity contribution >= 4 is 55.7 Å². The van der Waals surface area contributed by atoms with Gasteiger partial charge in [-0.2, -0.15) is 18.6 Å². The zero-order valence-electron chi connectivity index (χ0n) is 35.2. The fourth-order valence-corrected chi connectivity index (χ4v) is 7.20. The van der Waals surface area contributed by atoms with Crippen molar-refractivity contribution in [3.63, 3.8) is 0 Å². The molecule has 0 unspecified atom stereocenters. The number of nitro benzene ring substituents is 1. The van der Waals surface area contributed by atoms with E-state index in [-0.39, 0.29) is 34.1 Å². The van der Waals surface area contributed by atoms with E-state index in [9.17, 15) is 43.8 Å². The molecule has 0 spiro atoms. The van der Waals surface area contributed by atoms with E-state index in [0.29, 0.717) is 17.7 Å². The van der Waals surface area contributed by atoms with E-state index < -0.39 is 60.4 Å². The van der Waals surface area contributed by atoms with Crippen molar-refractivity contribution in [2.24, 2.45) is 15.2 Å². The van der Waals surface area contributed by atoms with Gasteiger partial charge in [-0.15, -0.1) is 5.76 Å². The van der Waals surface area contributed by atoms with Gasteiger partial charge in [0.05, 0.1) is 38.9 Å². The molecule has 0 bridgehead atoms. The molecule has 1 heterocycles. The Kier molecular flexibility index (Phi) is 18.0. The van der Waals surface area contributed by atoms with Gasteiger partial charge in [0.1, 0.15) is 24.4 Å². The SMILES string of the molecule is CC([O-])=C(N=Nc1cc([N+](=O)[O-])cc(S(=O)(=O)O)c1[O-])C([O-])=Nc1ccccc1.CCN(CC)c1ccc2c(-c3ccccc3C(=O)[O-])c3ccc(=[N+](CC)CC)cc-3oc2c1.O.[Cr+3]. The topological polar surface area (TPSA) is 295 Å². The zero-order valence-corrected chi connectivity index (χ0v) is 37.3.